The average molecular weight is 473 g/mol. The second kappa shape index (κ2) is 10.4. The van der Waals surface area contributed by atoms with Crippen molar-refractivity contribution in [2.75, 3.05) is 45.7 Å². The van der Waals surface area contributed by atoms with Crippen molar-refractivity contribution in [1.82, 2.24) is 15.1 Å². The minimum atomic E-state index is -0.770. The summed E-state index contributed by atoms with van der Waals surface area (Å²) >= 11 is 0. The maximum Gasteiger partial charge on any atom is 0.319 e. The molecule has 2 aliphatic rings. The number of anilines is 1. The minimum Gasteiger partial charge on any atom is -0.497 e. The van der Waals surface area contributed by atoms with E-state index in [0.717, 1.165) is 42.6 Å². The lowest BCUT2D eigenvalue weighted by molar-refractivity contribution is -0.137. The van der Waals surface area contributed by atoms with Gasteiger partial charge in [-0.3, -0.25) is 4.79 Å². The van der Waals surface area contributed by atoms with Crippen molar-refractivity contribution < 1.29 is 23.1 Å². The van der Waals surface area contributed by atoms with Crippen LogP contribution < -0.4 is 15.4 Å². The molecule has 0 unspecified atom stereocenters. The van der Waals surface area contributed by atoms with E-state index in [1.807, 2.05) is 36.2 Å². The second-order valence-electron chi connectivity index (χ2n) is 9.04. The van der Waals surface area contributed by atoms with E-state index in [9.17, 15) is 18.4 Å². The van der Waals surface area contributed by atoms with E-state index in [4.69, 9.17) is 4.74 Å². The predicted molar refractivity (Wildman–Crippen MR) is 125 cm³/mol. The maximum absolute atomic E-state index is 13.5. The number of hydrogen-bond acceptors (Lipinski definition) is 4. The molecular formula is C25H30F2N4O3. The van der Waals surface area contributed by atoms with E-state index in [2.05, 4.69) is 15.5 Å². The van der Waals surface area contributed by atoms with Crippen LogP contribution >= 0.6 is 0 Å². The van der Waals surface area contributed by atoms with Crippen LogP contribution in [0.2, 0.25) is 0 Å². The molecule has 2 aromatic rings. The number of benzene rings is 2. The van der Waals surface area contributed by atoms with Gasteiger partial charge < -0.3 is 25.2 Å². The van der Waals surface area contributed by atoms with Crippen LogP contribution in [0.4, 0.5) is 19.3 Å². The average Bonchev–Trinajstić information content (AvgIpc) is 3.22. The zero-order valence-corrected chi connectivity index (χ0v) is 19.4. The van der Waals surface area contributed by atoms with Crippen LogP contribution in [-0.4, -0.2) is 68.1 Å². The van der Waals surface area contributed by atoms with Gasteiger partial charge in [0.1, 0.15) is 17.4 Å². The van der Waals surface area contributed by atoms with Crippen LogP contribution in [0.1, 0.15) is 24.3 Å². The van der Waals surface area contributed by atoms with E-state index in [1.165, 1.54) is 0 Å². The fourth-order valence-corrected chi connectivity index (χ4v) is 4.89. The van der Waals surface area contributed by atoms with Crippen molar-refractivity contribution in [2.45, 2.75) is 24.8 Å². The second-order valence-corrected chi connectivity index (χ2v) is 9.04. The van der Waals surface area contributed by atoms with Gasteiger partial charge in [0.2, 0.25) is 5.91 Å². The van der Waals surface area contributed by atoms with Crippen molar-refractivity contribution >= 4 is 17.6 Å². The molecule has 182 valence electrons. The molecule has 1 aliphatic carbocycles. The summed E-state index contributed by atoms with van der Waals surface area (Å²) < 4.78 is 32.2. The summed E-state index contributed by atoms with van der Waals surface area (Å²) in [5.74, 6) is -1.03. The van der Waals surface area contributed by atoms with E-state index in [1.54, 1.807) is 7.11 Å². The number of piperazine rings is 1. The first kappa shape index (κ1) is 23.9. The first-order valence-corrected chi connectivity index (χ1v) is 11.5. The summed E-state index contributed by atoms with van der Waals surface area (Å²) in [6.07, 6.45) is 1.08. The summed E-state index contributed by atoms with van der Waals surface area (Å²) in [5.41, 5.74) is 1.05. The van der Waals surface area contributed by atoms with E-state index < -0.39 is 17.7 Å². The molecular weight excluding hydrogens is 442 g/mol. The number of carbonyl (C=O) groups excluding carboxylic acids is 2. The number of amides is 3. The Morgan fingerprint density at radius 2 is 1.62 bits per heavy atom. The first-order chi connectivity index (χ1) is 16.3. The number of urea groups is 1. The van der Waals surface area contributed by atoms with Crippen LogP contribution in [0.25, 0.3) is 0 Å². The molecule has 4 rings (SSSR count). The summed E-state index contributed by atoms with van der Waals surface area (Å²) in [5, 5.41) is 5.37. The summed E-state index contributed by atoms with van der Waals surface area (Å²) in [4.78, 5) is 30.1. The number of carbonyl (C=O) groups is 2. The van der Waals surface area contributed by atoms with Gasteiger partial charge >= 0.3 is 6.03 Å². The third-order valence-electron chi connectivity index (χ3n) is 6.69. The predicted octanol–water partition coefficient (Wildman–Crippen LogP) is 3.43. The van der Waals surface area contributed by atoms with Crippen LogP contribution in [0.5, 0.6) is 5.75 Å². The molecule has 34 heavy (non-hydrogen) atoms. The minimum absolute atomic E-state index is 0.0322. The molecule has 2 aromatic carbocycles. The van der Waals surface area contributed by atoms with Crippen LogP contribution in [0.15, 0.2) is 42.5 Å². The fourth-order valence-electron chi connectivity index (χ4n) is 4.89. The number of hydrogen-bond donors (Lipinski definition) is 2. The Bertz CT molecular complexity index is 1010. The van der Waals surface area contributed by atoms with Gasteiger partial charge in [-0.05, 0) is 55.6 Å². The summed E-state index contributed by atoms with van der Waals surface area (Å²) in [7, 11) is 3.65. The van der Waals surface area contributed by atoms with Gasteiger partial charge in [0.25, 0.3) is 0 Å². The Kier molecular flexibility index (Phi) is 7.31. The van der Waals surface area contributed by atoms with Gasteiger partial charge in [-0.25, -0.2) is 13.6 Å². The highest BCUT2D eigenvalue weighted by molar-refractivity contribution is 5.89. The van der Waals surface area contributed by atoms with Crippen molar-refractivity contribution in [3.8, 4) is 5.75 Å². The van der Waals surface area contributed by atoms with Crippen LogP contribution in [0, 0.1) is 17.6 Å². The number of ether oxygens (including phenoxy) is 1. The van der Waals surface area contributed by atoms with Crippen molar-refractivity contribution in [1.29, 1.82) is 0 Å². The molecule has 3 atom stereocenters. The van der Waals surface area contributed by atoms with Gasteiger partial charge in [0.05, 0.1) is 7.11 Å². The lowest BCUT2D eigenvalue weighted by Crippen LogP contribution is -2.49. The lowest BCUT2D eigenvalue weighted by Gasteiger charge is -2.35. The molecule has 1 heterocycles. The van der Waals surface area contributed by atoms with Gasteiger partial charge in [-0.15, -0.1) is 0 Å². The van der Waals surface area contributed by atoms with Gasteiger partial charge in [-0.2, -0.15) is 0 Å². The molecule has 0 aromatic heterocycles. The molecule has 1 aliphatic heterocycles. The molecule has 2 N–H and O–H groups in total. The van der Waals surface area contributed by atoms with Crippen LogP contribution in [0.3, 0.4) is 0 Å². The number of nitrogens with one attached hydrogen (secondary N) is 2. The number of methoxy groups -OCH3 is 1. The highest BCUT2D eigenvalue weighted by Crippen LogP contribution is 2.41. The SMILES string of the molecule is COc1ccc([C@H]2C[C@H](NC(=O)Nc3cc(F)cc(F)c3)C[C@@H]2C(=O)N2CCN(C)CC2)cc1. The molecule has 2 fully saturated rings. The highest BCUT2D eigenvalue weighted by Gasteiger charge is 2.42. The number of halogens is 2. The molecule has 0 spiro atoms. The molecule has 3 amide bonds. The molecule has 9 heteroatoms. The normalized spacial score (nSPS) is 22.9. The Morgan fingerprint density at radius 1 is 0.971 bits per heavy atom. The van der Waals surface area contributed by atoms with Crippen LogP contribution in [-0.2, 0) is 4.79 Å². The largest absolute Gasteiger partial charge is 0.497 e. The quantitative estimate of drug-likeness (QED) is 0.700. The topological polar surface area (TPSA) is 73.9 Å². The maximum atomic E-state index is 13.5. The zero-order valence-electron chi connectivity index (χ0n) is 19.4. The molecule has 1 saturated heterocycles. The number of nitrogens with zero attached hydrogens (tertiary/aromatic N) is 2. The summed E-state index contributed by atoms with van der Waals surface area (Å²) in [6, 6.07) is 9.71. The molecule has 0 bridgehead atoms. The van der Waals surface area contributed by atoms with Gasteiger partial charge in [0, 0.05) is 49.9 Å². The monoisotopic (exact) mass is 472 g/mol. The van der Waals surface area contributed by atoms with Gasteiger partial charge in [-0.1, -0.05) is 12.1 Å². The highest BCUT2D eigenvalue weighted by atomic mass is 19.1. The standard InChI is InChI=1S/C25H30F2N4O3/c1-30-7-9-31(10-8-30)24(32)23-15-20(14-22(23)16-3-5-21(34-2)6-4-16)29-25(33)28-19-12-17(26)11-18(27)13-19/h3-6,11-13,20,22-23H,7-10,14-15H2,1-2H3,(H2,28,29,33)/t20-,22+,23-/m0/s1. The van der Waals surface area contributed by atoms with Crippen molar-refractivity contribution in [2.24, 2.45) is 5.92 Å². The van der Waals surface area contributed by atoms with E-state index >= 15 is 0 Å². The third kappa shape index (κ3) is 5.64. The Balaban J connectivity index is 1.48. The Hall–Kier alpha value is -3.20. The lowest BCUT2D eigenvalue weighted by atomic mass is 9.87. The van der Waals surface area contributed by atoms with E-state index in [0.29, 0.717) is 25.9 Å². The molecule has 0 radical (unpaired) electrons. The third-order valence-corrected chi connectivity index (χ3v) is 6.69. The molecule has 7 nitrogen and oxygen atoms in total. The fraction of sp³-hybridized carbons (Fsp3) is 0.440. The molecule has 1 saturated carbocycles. The van der Waals surface area contributed by atoms with E-state index in [-0.39, 0.29) is 29.5 Å². The van der Waals surface area contributed by atoms with Gasteiger partial charge in [0.15, 0.2) is 0 Å². The smallest absolute Gasteiger partial charge is 0.319 e. The zero-order chi connectivity index (χ0) is 24.2. The first-order valence-electron chi connectivity index (χ1n) is 11.5. The van der Waals surface area contributed by atoms with Crippen molar-refractivity contribution in [3.63, 3.8) is 0 Å². The summed E-state index contributed by atoms with van der Waals surface area (Å²) in [6.45, 7) is 3.04. The number of likely N-dealkylation sites (N-methyl/N-ethyl adjacent to an activating group) is 1. The Labute approximate surface area is 198 Å². The van der Waals surface area contributed by atoms with Crippen molar-refractivity contribution in [3.05, 3.63) is 59.7 Å². The number of rotatable bonds is 5. The Morgan fingerprint density at radius 3 is 2.24 bits per heavy atom.